The first kappa shape index (κ1) is 12.5. The molecule has 1 aliphatic carbocycles. The number of hydrogen-bond donors (Lipinski definition) is 1. The molecule has 0 bridgehead atoms. The minimum Gasteiger partial charge on any atom is -0.338 e. The third-order valence-corrected chi connectivity index (χ3v) is 5.80. The topological polar surface area (TPSA) is 64.9 Å². The molecule has 1 saturated carbocycles. The molecular formula is C13H21N3OS. The summed E-state index contributed by atoms with van der Waals surface area (Å²) < 4.78 is 5.52. The Balaban J connectivity index is 1.84. The van der Waals surface area contributed by atoms with Crippen molar-refractivity contribution < 1.29 is 4.52 Å². The lowest BCUT2D eigenvalue weighted by Crippen LogP contribution is -2.39. The van der Waals surface area contributed by atoms with E-state index in [0.717, 1.165) is 31.0 Å². The SMILES string of the molecule is CC1(c2nc(C3(N)CCCCC3)no2)CCCS1. The molecule has 0 aromatic carbocycles. The summed E-state index contributed by atoms with van der Waals surface area (Å²) in [4.78, 5) is 4.64. The molecule has 3 rings (SSSR count). The van der Waals surface area contributed by atoms with Crippen molar-refractivity contribution in [3.05, 3.63) is 11.7 Å². The summed E-state index contributed by atoms with van der Waals surface area (Å²) in [7, 11) is 0. The number of hydrogen-bond acceptors (Lipinski definition) is 5. The molecule has 18 heavy (non-hydrogen) atoms. The van der Waals surface area contributed by atoms with Crippen molar-refractivity contribution in [1.29, 1.82) is 0 Å². The highest BCUT2D eigenvalue weighted by Gasteiger charge is 2.40. The molecule has 100 valence electrons. The van der Waals surface area contributed by atoms with Crippen LogP contribution in [0.1, 0.15) is 63.6 Å². The van der Waals surface area contributed by atoms with E-state index in [-0.39, 0.29) is 10.3 Å². The highest BCUT2D eigenvalue weighted by atomic mass is 32.2. The van der Waals surface area contributed by atoms with Crippen molar-refractivity contribution in [3.8, 4) is 0 Å². The number of nitrogens with zero attached hydrogens (tertiary/aromatic N) is 2. The lowest BCUT2D eigenvalue weighted by atomic mass is 9.82. The number of thioether (sulfide) groups is 1. The second kappa shape index (κ2) is 4.53. The van der Waals surface area contributed by atoms with Gasteiger partial charge in [0.2, 0.25) is 5.89 Å². The fourth-order valence-corrected chi connectivity index (χ4v) is 4.23. The predicted molar refractivity (Wildman–Crippen MR) is 72.3 cm³/mol. The van der Waals surface area contributed by atoms with Gasteiger partial charge in [0.15, 0.2) is 5.82 Å². The molecule has 1 unspecified atom stereocenters. The van der Waals surface area contributed by atoms with Gasteiger partial charge in [0.05, 0.1) is 10.3 Å². The molecule has 2 N–H and O–H groups in total. The Labute approximate surface area is 112 Å². The van der Waals surface area contributed by atoms with Crippen LogP contribution in [0.5, 0.6) is 0 Å². The smallest absolute Gasteiger partial charge is 0.242 e. The van der Waals surface area contributed by atoms with Crippen molar-refractivity contribution >= 4 is 11.8 Å². The Kier molecular flexibility index (Phi) is 3.14. The monoisotopic (exact) mass is 267 g/mol. The maximum Gasteiger partial charge on any atom is 0.242 e. The van der Waals surface area contributed by atoms with Crippen LogP contribution in [0.4, 0.5) is 0 Å². The zero-order chi connectivity index (χ0) is 12.6. The summed E-state index contributed by atoms with van der Waals surface area (Å²) in [5.41, 5.74) is 6.10. The molecule has 2 heterocycles. The molecule has 0 amide bonds. The quantitative estimate of drug-likeness (QED) is 0.892. The molecule has 2 fully saturated rings. The zero-order valence-corrected chi connectivity index (χ0v) is 11.8. The first-order valence-corrected chi connectivity index (χ1v) is 7.89. The Morgan fingerprint density at radius 1 is 1.17 bits per heavy atom. The van der Waals surface area contributed by atoms with Crippen LogP contribution in [0.25, 0.3) is 0 Å². The Morgan fingerprint density at radius 3 is 2.61 bits per heavy atom. The van der Waals surface area contributed by atoms with Crippen LogP contribution in [0.15, 0.2) is 4.52 Å². The molecule has 5 heteroatoms. The van der Waals surface area contributed by atoms with E-state index in [4.69, 9.17) is 10.3 Å². The van der Waals surface area contributed by atoms with Gasteiger partial charge in [-0.1, -0.05) is 24.4 Å². The Morgan fingerprint density at radius 2 is 1.94 bits per heavy atom. The first-order chi connectivity index (χ1) is 8.62. The van der Waals surface area contributed by atoms with E-state index in [1.807, 2.05) is 11.8 Å². The van der Waals surface area contributed by atoms with E-state index in [2.05, 4.69) is 17.1 Å². The molecule has 4 nitrogen and oxygen atoms in total. The summed E-state index contributed by atoms with van der Waals surface area (Å²) in [6, 6.07) is 0. The summed E-state index contributed by atoms with van der Waals surface area (Å²) >= 11 is 1.92. The molecule has 0 spiro atoms. The summed E-state index contributed by atoms with van der Waals surface area (Å²) in [6.07, 6.45) is 7.94. The van der Waals surface area contributed by atoms with Crippen LogP contribution < -0.4 is 5.73 Å². The second-order valence-corrected chi connectivity index (χ2v) is 7.42. The van der Waals surface area contributed by atoms with Crippen molar-refractivity contribution in [3.63, 3.8) is 0 Å². The molecule has 2 aliphatic rings. The molecule has 1 aliphatic heterocycles. The van der Waals surface area contributed by atoms with Crippen LogP contribution in [0, 0.1) is 0 Å². The van der Waals surface area contributed by atoms with E-state index >= 15 is 0 Å². The van der Waals surface area contributed by atoms with Gasteiger partial charge >= 0.3 is 0 Å². The van der Waals surface area contributed by atoms with Gasteiger partial charge in [0.25, 0.3) is 0 Å². The van der Waals surface area contributed by atoms with Crippen LogP contribution in [0.2, 0.25) is 0 Å². The highest BCUT2D eigenvalue weighted by molar-refractivity contribution is 8.00. The fourth-order valence-electron chi connectivity index (χ4n) is 2.99. The van der Waals surface area contributed by atoms with E-state index < -0.39 is 0 Å². The maximum atomic E-state index is 6.44. The van der Waals surface area contributed by atoms with E-state index in [1.54, 1.807) is 0 Å². The summed E-state index contributed by atoms with van der Waals surface area (Å²) in [6.45, 7) is 2.20. The predicted octanol–water partition coefficient (Wildman–Crippen LogP) is 2.93. The minimum absolute atomic E-state index is 0.0102. The van der Waals surface area contributed by atoms with Gasteiger partial charge in [-0.15, -0.1) is 11.8 Å². The summed E-state index contributed by atoms with van der Waals surface area (Å²) in [5, 5.41) is 4.18. The van der Waals surface area contributed by atoms with Crippen molar-refractivity contribution in [2.24, 2.45) is 5.73 Å². The van der Waals surface area contributed by atoms with Gasteiger partial charge in [-0.3, -0.25) is 0 Å². The van der Waals surface area contributed by atoms with Gasteiger partial charge in [-0.25, -0.2) is 0 Å². The molecule has 1 aromatic heterocycles. The zero-order valence-electron chi connectivity index (χ0n) is 10.9. The number of aromatic nitrogens is 2. The largest absolute Gasteiger partial charge is 0.338 e. The number of nitrogens with two attached hydrogens (primary N) is 1. The highest BCUT2D eigenvalue weighted by Crippen LogP contribution is 2.46. The lowest BCUT2D eigenvalue weighted by molar-refractivity contribution is 0.271. The summed E-state index contributed by atoms with van der Waals surface area (Å²) in [5.74, 6) is 2.68. The van der Waals surface area contributed by atoms with Crippen molar-refractivity contribution in [1.82, 2.24) is 10.1 Å². The average Bonchev–Trinajstić information content (AvgIpc) is 2.99. The van der Waals surface area contributed by atoms with E-state index in [9.17, 15) is 0 Å². The molecular weight excluding hydrogens is 246 g/mol. The van der Waals surface area contributed by atoms with Crippen LogP contribution >= 0.6 is 11.8 Å². The van der Waals surface area contributed by atoms with Gasteiger partial charge in [0.1, 0.15) is 0 Å². The Hall–Kier alpha value is -0.550. The molecule has 0 radical (unpaired) electrons. The second-order valence-electron chi connectivity index (χ2n) is 5.82. The molecule has 1 aromatic rings. The third-order valence-electron chi connectivity index (χ3n) is 4.29. The van der Waals surface area contributed by atoms with Crippen LogP contribution in [-0.2, 0) is 10.3 Å². The minimum atomic E-state index is -0.348. The standard InChI is InChI=1S/C13H21N3OS/c1-12(6-5-9-18-12)11-15-10(16-17-11)13(14)7-3-2-4-8-13/h2-9,14H2,1H3. The fraction of sp³-hybridized carbons (Fsp3) is 0.846. The molecule has 1 saturated heterocycles. The third kappa shape index (κ3) is 2.07. The first-order valence-electron chi connectivity index (χ1n) is 6.90. The van der Waals surface area contributed by atoms with Crippen LogP contribution in [-0.4, -0.2) is 15.9 Å². The van der Waals surface area contributed by atoms with E-state index in [1.165, 1.54) is 31.4 Å². The average molecular weight is 267 g/mol. The maximum absolute atomic E-state index is 6.44. The van der Waals surface area contributed by atoms with Gasteiger partial charge < -0.3 is 10.3 Å². The Bertz CT molecular complexity index is 420. The molecule has 1 atom stereocenters. The van der Waals surface area contributed by atoms with Gasteiger partial charge in [-0.2, -0.15) is 4.98 Å². The van der Waals surface area contributed by atoms with Gasteiger partial charge in [0, 0.05) is 0 Å². The van der Waals surface area contributed by atoms with Crippen molar-refractivity contribution in [2.75, 3.05) is 5.75 Å². The lowest BCUT2D eigenvalue weighted by Gasteiger charge is -2.29. The van der Waals surface area contributed by atoms with E-state index in [0.29, 0.717) is 0 Å². The number of rotatable bonds is 2. The van der Waals surface area contributed by atoms with Crippen LogP contribution in [0.3, 0.4) is 0 Å². The normalized spacial score (nSPS) is 31.7. The van der Waals surface area contributed by atoms with Crippen molar-refractivity contribution in [2.45, 2.75) is 62.2 Å². The van der Waals surface area contributed by atoms with Gasteiger partial charge in [-0.05, 0) is 38.4 Å².